The summed E-state index contributed by atoms with van der Waals surface area (Å²) in [6, 6.07) is 2.67. The van der Waals surface area contributed by atoms with Gasteiger partial charge in [-0.3, -0.25) is 4.79 Å². The smallest absolute Gasteiger partial charge is 0.340 e. The number of carbonyl (C=O) groups is 1. The molecule has 0 saturated carbocycles. The maximum atomic E-state index is 13.7. The normalized spacial score (nSPS) is 10.9. The Hall–Kier alpha value is -1.34. The highest BCUT2D eigenvalue weighted by Crippen LogP contribution is 2.32. The van der Waals surface area contributed by atoms with Crippen molar-refractivity contribution in [3.8, 4) is 0 Å². The summed E-state index contributed by atoms with van der Waals surface area (Å²) in [5, 5.41) is 2.79. The molecule has 1 aromatic carbocycles. The van der Waals surface area contributed by atoms with E-state index in [1.807, 2.05) is 0 Å². The molecule has 114 valence electrons. The van der Waals surface area contributed by atoms with Crippen LogP contribution in [0.15, 0.2) is 18.2 Å². The average Bonchev–Trinajstić information content (AvgIpc) is 2.34. The number of alkyl halides is 3. The number of hydrogen-bond donors (Lipinski definition) is 1. The molecule has 1 rings (SSSR count). The molecule has 0 atom stereocenters. The summed E-state index contributed by atoms with van der Waals surface area (Å²) in [6.45, 7) is 0.730. The Morgan fingerprint density at radius 1 is 1.35 bits per heavy atom. The van der Waals surface area contributed by atoms with E-state index >= 15 is 0 Å². The number of nitrogens with one attached hydrogen (secondary N) is 1. The van der Waals surface area contributed by atoms with E-state index in [2.05, 4.69) is 5.32 Å². The monoisotopic (exact) mass is 314 g/mol. The lowest BCUT2D eigenvalue weighted by Crippen LogP contribution is -2.33. The quantitative estimate of drug-likeness (QED) is 0.866. The molecule has 0 saturated heterocycles. The Morgan fingerprint density at radius 2 is 1.95 bits per heavy atom. The zero-order valence-electron chi connectivity index (χ0n) is 10.9. The van der Waals surface area contributed by atoms with Crippen molar-refractivity contribution in [3.63, 3.8) is 0 Å². The molecule has 1 aromatic rings. The molecular formula is C12H15ClF4N2O. The van der Waals surface area contributed by atoms with Crippen LogP contribution in [0, 0.1) is 5.82 Å². The number of likely N-dealkylation sites (N-methyl/N-ethyl adjacent to an activating group) is 2. The van der Waals surface area contributed by atoms with Gasteiger partial charge in [-0.2, -0.15) is 13.2 Å². The minimum Gasteiger partial charge on any atom is -0.340 e. The van der Waals surface area contributed by atoms with Gasteiger partial charge < -0.3 is 10.2 Å². The molecule has 3 nitrogen and oxygen atoms in total. The second-order valence-electron chi connectivity index (χ2n) is 4.00. The third-order valence-corrected chi connectivity index (χ3v) is 2.58. The van der Waals surface area contributed by atoms with E-state index < -0.39 is 29.0 Å². The third-order valence-electron chi connectivity index (χ3n) is 2.58. The molecule has 1 amide bonds. The van der Waals surface area contributed by atoms with E-state index in [0.29, 0.717) is 12.6 Å². The first-order chi connectivity index (χ1) is 8.79. The molecule has 0 heterocycles. The first-order valence-corrected chi connectivity index (χ1v) is 5.54. The summed E-state index contributed by atoms with van der Waals surface area (Å²) in [4.78, 5) is 13.0. The maximum Gasteiger partial charge on any atom is 0.419 e. The topological polar surface area (TPSA) is 32.3 Å². The molecular weight excluding hydrogens is 300 g/mol. The molecule has 20 heavy (non-hydrogen) atoms. The van der Waals surface area contributed by atoms with E-state index in [9.17, 15) is 22.4 Å². The second-order valence-corrected chi connectivity index (χ2v) is 4.00. The number of amides is 1. The van der Waals surface area contributed by atoms with Crippen molar-refractivity contribution in [1.29, 1.82) is 0 Å². The number of benzene rings is 1. The van der Waals surface area contributed by atoms with Crippen LogP contribution < -0.4 is 5.32 Å². The van der Waals surface area contributed by atoms with Crippen molar-refractivity contribution in [2.75, 3.05) is 27.2 Å². The highest BCUT2D eigenvalue weighted by molar-refractivity contribution is 5.94. The van der Waals surface area contributed by atoms with Crippen LogP contribution in [0.5, 0.6) is 0 Å². The Labute approximate surface area is 120 Å². The first kappa shape index (κ1) is 18.7. The summed E-state index contributed by atoms with van der Waals surface area (Å²) in [7, 11) is 3.07. The van der Waals surface area contributed by atoms with Gasteiger partial charge >= 0.3 is 6.18 Å². The van der Waals surface area contributed by atoms with Gasteiger partial charge in [0.05, 0.1) is 11.1 Å². The van der Waals surface area contributed by atoms with E-state index in [-0.39, 0.29) is 19.0 Å². The van der Waals surface area contributed by atoms with Crippen LogP contribution in [0.2, 0.25) is 0 Å². The fourth-order valence-corrected chi connectivity index (χ4v) is 1.50. The first-order valence-electron chi connectivity index (χ1n) is 5.54. The Bertz CT molecular complexity index is 465. The number of nitrogens with zero attached hydrogens (tertiary/aromatic N) is 1. The molecule has 0 spiro atoms. The molecule has 0 aliphatic carbocycles. The van der Waals surface area contributed by atoms with E-state index in [1.165, 1.54) is 7.05 Å². The molecule has 0 aliphatic heterocycles. The maximum absolute atomic E-state index is 13.7. The van der Waals surface area contributed by atoms with Crippen molar-refractivity contribution < 1.29 is 22.4 Å². The van der Waals surface area contributed by atoms with Gasteiger partial charge in [0.15, 0.2) is 0 Å². The number of hydrogen-bond acceptors (Lipinski definition) is 2. The molecule has 0 aliphatic rings. The highest BCUT2D eigenvalue weighted by atomic mass is 35.5. The van der Waals surface area contributed by atoms with E-state index in [1.54, 1.807) is 7.05 Å². The van der Waals surface area contributed by atoms with Gasteiger partial charge in [-0.25, -0.2) is 4.39 Å². The molecule has 0 radical (unpaired) electrons. The van der Waals surface area contributed by atoms with Gasteiger partial charge in [-0.05, 0) is 19.2 Å². The zero-order valence-corrected chi connectivity index (χ0v) is 11.7. The van der Waals surface area contributed by atoms with Crippen molar-refractivity contribution in [2.24, 2.45) is 0 Å². The molecule has 1 N–H and O–H groups in total. The van der Waals surface area contributed by atoms with Crippen LogP contribution in [0.3, 0.4) is 0 Å². The molecule has 0 fully saturated rings. The molecule has 0 bridgehead atoms. The second kappa shape index (κ2) is 7.44. The molecule has 0 unspecified atom stereocenters. The Morgan fingerprint density at radius 3 is 2.45 bits per heavy atom. The minimum atomic E-state index is -4.82. The average molecular weight is 315 g/mol. The Kier molecular flexibility index (Phi) is 6.95. The van der Waals surface area contributed by atoms with Crippen LogP contribution in [-0.2, 0) is 6.18 Å². The van der Waals surface area contributed by atoms with Crippen molar-refractivity contribution >= 4 is 18.3 Å². The van der Waals surface area contributed by atoms with E-state index in [0.717, 1.165) is 17.0 Å². The fraction of sp³-hybridized carbons (Fsp3) is 0.417. The van der Waals surface area contributed by atoms with Gasteiger partial charge in [0.25, 0.3) is 5.91 Å². The van der Waals surface area contributed by atoms with Gasteiger partial charge in [0, 0.05) is 20.1 Å². The van der Waals surface area contributed by atoms with Crippen molar-refractivity contribution in [2.45, 2.75) is 6.18 Å². The van der Waals surface area contributed by atoms with Crippen LogP contribution in [0.1, 0.15) is 15.9 Å². The fourth-order valence-electron chi connectivity index (χ4n) is 1.50. The minimum absolute atomic E-state index is 0. The molecule has 0 aromatic heterocycles. The summed E-state index contributed by atoms with van der Waals surface area (Å²) in [6.07, 6.45) is -4.82. The number of carbonyl (C=O) groups excluding carboxylic acids is 1. The lowest BCUT2D eigenvalue weighted by atomic mass is 10.1. The van der Waals surface area contributed by atoms with Gasteiger partial charge in [0.2, 0.25) is 0 Å². The summed E-state index contributed by atoms with van der Waals surface area (Å²) in [5.74, 6) is -2.31. The zero-order chi connectivity index (χ0) is 14.6. The standard InChI is InChI=1S/C12H14F4N2O.ClH/c1-17-6-7-18(2)11(19)8-4-3-5-9(10(8)13)12(14,15)16;/h3-5,17H,6-7H2,1-2H3;1H. The molecule has 8 heteroatoms. The summed E-state index contributed by atoms with van der Waals surface area (Å²) >= 11 is 0. The SMILES string of the molecule is CNCCN(C)C(=O)c1cccc(C(F)(F)F)c1F.Cl. The van der Waals surface area contributed by atoms with Gasteiger partial charge in [-0.15, -0.1) is 12.4 Å². The highest BCUT2D eigenvalue weighted by Gasteiger charge is 2.35. The lowest BCUT2D eigenvalue weighted by molar-refractivity contribution is -0.140. The Balaban J connectivity index is 0.00000361. The summed E-state index contributed by atoms with van der Waals surface area (Å²) < 4.78 is 51.3. The predicted molar refractivity (Wildman–Crippen MR) is 69.5 cm³/mol. The van der Waals surface area contributed by atoms with Crippen LogP contribution in [0.4, 0.5) is 17.6 Å². The number of rotatable bonds is 4. The van der Waals surface area contributed by atoms with Crippen molar-refractivity contribution in [1.82, 2.24) is 10.2 Å². The number of halogens is 5. The van der Waals surface area contributed by atoms with Crippen LogP contribution >= 0.6 is 12.4 Å². The largest absolute Gasteiger partial charge is 0.419 e. The van der Waals surface area contributed by atoms with Crippen LogP contribution in [0.25, 0.3) is 0 Å². The predicted octanol–water partition coefficient (Wildman–Crippen LogP) is 2.56. The van der Waals surface area contributed by atoms with Gasteiger partial charge in [-0.1, -0.05) is 6.07 Å². The van der Waals surface area contributed by atoms with Crippen LogP contribution in [-0.4, -0.2) is 38.0 Å². The van der Waals surface area contributed by atoms with Crippen molar-refractivity contribution in [3.05, 3.63) is 35.1 Å². The summed E-state index contributed by atoms with van der Waals surface area (Å²) in [5.41, 5.74) is -2.01. The third kappa shape index (κ3) is 4.35. The van der Waals surface area contributed by atoms with E-state index in [4.69, 9.17) is 0 Å². The van der Waals surface area contributed by atoms with Gasteiger partial charge in [0.1, 0.15) is 5.82 Å². The lowest BCUT2D eigenvalue weighted by Gasteiger charge is -2.18.